The molecule has 3 saturated carbocycles. The van der Waals surface area contributed by atoms with E-state index in [1.165, 1.54) is 93.2 Å². The second-order valence-electron chi connectivity index (χ2n) is 24.7. The Morgan fingerprint density at radius 3 is 1.15 bits per heavy atom. The zero-order valence-electron chi connectivity index (χ0n) is 50.1. The van der Waals surface area contributed by atoms with Crippen molar-refractivity contribution < 1.29 is 33.3 Å². The number of rotatable bonds is 7. The van der Waals surface area contributed by atoms with Crippen LogP contribution in [0.3, 0.4) is 0 Å². The van der Waals surface area contributed by atoms with Gasteiger partial charge in [0.05, 0.1) is 43.7 Å². The van der Waals surface area contributed by atoms with Crippen LogP contribution in [-0.2, 0) is 68.8 Å². The largest absolute Gasteiger partial charge is 0.469 e. The number of ether oxygens (including phenoxy) is 4. The monoisotopic (exact) mass is 1020 g/mol. The van der Waals surface area contributed by atoms with E-state index in [0.717, 1.165) is 63.4 Å². The lowest BCUT2D eigenvalue weighted by Gasteiger charge is -2.54. The van der Waals surface area contributed by atoms with Crippen molar-refractivity contribution in [2.45, 2.75) is 240 Å². The Bertz CT molecular complexity index is 2400. The van der Waals surface area contributed by atoms with Crippen LogP contribution in [0, 0.1) is 28.6 Å². The number of fused-ring (bicyclic) bond motifs is 9. The fraction of sp³-hybridized carbons (Fsp3) is 0.687. The van der Waals surface area contributed by atoms with Crippen LogP contribution in [0.5, 0.6) is 0 Å². The van der Waals surface area contributed by atoms with Crippen LogP contribution in [0.4, 0.5) is 0 Å². The van der Waals surface area contributed by atoms with Crippen LogP contribution in [0.2, 0.25) is 0 Å². The highest BCUT2D eigenvalue weighted by Gasteiger charge is 2.57. The molecular weight excluding hydrogens is 917 g/mol. The molecule has 0 radical (unpaired) electrons. The number of esters is 3. The normalized spacial score (nSPS) is 31.5. The van der Waals surface area contributed by atoms with E-state index in [1.807, 2.05) is 41.7 Å². The molecule has 0 heterocycles. The van der Waals surface area contributed by atoms with Gasteiger partial charge in [-0.3, -0.25) is 14.4 Å². The van der Waals surface area contributed by atoms with Crippen LogP contribution in [0.25, 0.3) is 0 Å². The maximum atomic E-state index is 12.6. The van der Waals surface area contributed by atoms with E-state index >= 15 is 0 Å². The molecule has 0 N–H and O–H groups in total. The van der Waals surface area contributed by atoms with Gasteiger partial charge in [-0.25, -0.2) is 0 Å². The van der Waals surface area contributed by atoms with Gasteiger partial charge in [-0.1, -0.05) is 144 Å². The third kappa shape index (κ3) is 11.2. The van der Waals surface area contributed by atoms with Crippen molar-refractivity contribution in [2.75, 3.05) is 28.4 Å². The zero-order chi connectivity index (χ0) is 55.2. The maximum Gasteiger partial charge on any atom is 0.312 e. The van der Waals surface area contributed by atoms with Crippen molar-refractivity contribution in [3.63, 3.8) is 0 Å². The zero-order valence-corrected chi connectivity index (χ0v) is 50.1. The number of hydrogen-bond acceptors (Lipinski definition) is 7. The number of carbonyl (C=O) groups is 3. The van der Waals surface area contributed by atoms with Crippen molar-refractivity contribution in [1.82, 2.24) is 0 Å². The first-order valence-electron chi connectivity index (χ1n) is 29.2. The minimum atomic E-state index is -0.419. The van der Waals surface area contributed by atoms with Gasteiger partial charge in [0.1, 0.15) is 0 Å². The number of carbonyl (C=O) groups excluding carboxylic acids is 3. The standard InChI is InChI=1S/C22H30O4.C21H30O2.C20H30O.2C2H6/c1-14(19(23)25-4)15-7-9-17-16(13-15)8-10-18-21(17,2)11-6-12-22(18,3)20(24)26-5;1-14(2)15-7-9-17-16(13-15)8-10-18-20(17,3)11-6-12-21(18,4)19(22)23-5;1-14(2)15-7-9-17-16(13-15)8-10-18-19(17,3)11-6-12-20(18,4)21-5;2*1-2/h7,9,13-14,18H,6,8,10-12H2,1-5H3;7,9,13-14,18H,6,8,10-12H2,1-5H3;7,9,13-14,18H,6,8,10-12H2,1-5H3;2*1-2H3. The number of hydrogen-bond donors (Lipinski definition) is 0. The van der Waals surface area contributed by atoms with Crippen molar-refractivity contribution >= 4 is 17.9 Å². The minimum absolute atomic E-state index is 0.0179. The summed E-state index contributed by atoms with van der Waals surface area (Å²) in [6.07, 6.45) is 16.6. The van der Waals surface area contributed by atoms with E-state index in [2.05, 4.69) is 124 Å². The molecule has 0 amide bonds. The second kappa shape index (κ2) is 24.6. The van der Waals surface area contributed by atoms with E-state index < -0.39 is 5.41 Å². The molecule has 0 saturated heterocycles. The van der Waals surface area contributed by atoms with Gasteiger partial charge in [0.2, 0.25) is 0 Å². The Balaban J connectivity index is 0.000000200. The summed E-state index contributed by atoms with van der Waals surface area (Å²) in [5, 5.41) is 0. The molecule has 9 rings (SSSR count). The molecule has 6 aliphatic carbocycles. The van der Waals surface area contributed by atoms with E-state index in [1.54, 1.807) is 11.1 Å². The van der Waals surface area contributed by atoms with Gasteiger partial charge in [-0.05, 0) is 207 Å². The van der Waals surface area contributed by atoms with E-state index in [0.29, 0.717) is 29.1 Å². The average Bonchev–Trinajstić information content (AvgIpc) is 3.40. The predicted octanol–water partition coefficient (Wildman–Crippen LogP) is 16.4. The molecule has 6 aliphatic rings. The molecule has 7 nitrogen and oxygen atoms in total. The third-order valence-corrected chi connectivity index (χ3v) is 20.2. The Morgan fingerprint density at radius 2 is 0.797 bits per heavy atom. The van der Waals surface area contributed by atoms with Gasteiger partial charge in [0.25, 0.3) is 0 Å². The second-order valence-corrected chi connectivity index (χ2v) is 24.7. The van der Waals surface area contributed by atoms with Gasteiger partial charge < -0.3 is 18.9 Å². The molecule has 0 aromatic heterocycles. The highest BCUT2D eigenvalue weighted by Crippen LogP contribution is 2.60. The highest BCUT2D eigenvalue weighted by atomic mass is 16.5. The Hall–Kier alpha value is -3.97. The molecule has 3 aromatic rings. The van der Waals surface area contributed by atoms with Gasteiger partial charge in [0, 0.05) is 7.11 Å². The van der Waals surface area contributed by atoms with E-state index in [-0.39, 0.29) is 51.6 Å². The topological polar surface area (TPSA) is 88.1 Å². The summed E-state index contributed by atoms with van der Waals surface area (Å²) in [5.74, 6) is 1.95. The molecule has 0 bridgehead atoms. The maximum absolute atomic E-state index is 12.6. The lowest BCUT2D eigenvalue weighted by atomic mass is 9.49. The SMILES string of the molecule is CC.CC.COC(=O)C(C)c1ccc2c(c1)CCC1C(C)(C(=O)OC)CCCC21C.COC(=O)C1(C)CCCC2(C)c3ccc(C(C)C)cc3CCC12.COC1(C)CCCC2(C)c3ccc(C(C)C)cc3CCC12. The molecule has 0 spiro atoms. The summed E-state index contributed by atoms with van der Waals surface area (Å²) in [6, 6.07) is 20.7. The molecule has 3 fully saturated rings. The third-order valence-electron chi connectivity index (χ3n) is 20.2. The first-order valence-corrected chi connectivity index (χ1v) is 29.2. The van der Waals surface area contributed by atoms with Gasteiger partial charge in [-0.2, -0.15) is 0 Å². The molecule has 0 aliphatic heterocycles. The van der Waals surface area contributed by atoms with Gasteiger partial charge in [0.15, 0.2) is 0 Å². The summed E-state index contributed by atoms with van der Waals surface area (Å²) < 4.78 is 21.2. The fourth-order valence-corrected chi connectivity index (χ4v) is 16.0. The van der Waals surface area contributed by atoms with Gasteiger partial charge >= 0.3 is 17.9 Å². The number of benzene rings is 3. The van der Waals surface area contributed by atoms with Crippen molar-refractivity contribution in [3.05, 3.63) is 105 Å². The minimum Gasteiger partial charge on any atom is -0.469 e. The highest BCUT2D eigenvalue weighted by molar-refractivity contribution is 5.79. The summed E-state index contributed by atoms with van der Waals surface area (Å²) in [6.45, 7) is 32.7. The summed E-state index contributed by atoms with van der Waals surface area (Å²) in [7, 11) is 6.36. The quantitative estimate of drug-likeness (QED) is 0.172. The summed E-state index contributed by atoms with van der Waals surface area (Å²) in [5.41, 5.74) is 12.4. The fourth-order valence-electron chi connectivity index (χ4n) is 16.0. The summed E-state index contributed by atoms with van der Waals surface area (Å²) in [4.78, 5) is 37.0. The summed E-state index contributed by atoms with van der Waals surface area (Å²) >= 11 is 0. The van der Waals surface area contributed by atoms with Crippen LogP contribution < -0.4 is 0 Å². The lowest BCUT2D eigenvalue weighted by Crippen LogP contribution is -2.53. The lowest BCUT2D eigenvalue weighted by molar-refractivity contribution is -0.162. The van der Waals surface area contributed by atoms with Crippen LogP contribution in [0.15, 0.2) is 54.6 Å². The van der Waals surface area contributed by atoms with Crippen LogP contribution >= 0.6 is 0 Å². The first-order chi connectivity index (χ1) is 35.0. The molecule has 412 valence electrons. The molecule has 3 aromatic carbocycles. The molecule has 74 heavy (non-hydrogen) atoms. The van der Waals surface area contributed by atoms with E-state index in [4.69, 9.17) is 18.9 Å². The first kappa shape index (κ1) is 60.9. The van der Waals surface area contributed by atoms with Crippen molar-refractivity contribution in [3.8, 4) is 0 Å². The van der Waals surface area contributed by atoms with E-state index in [9.17, 15) is 14.4 Å². The molecule has 7 heteroatoms. The predicted molar refractivity (Wildman–Crippen MR) is 305 cm³/mol. The molecule has 10 unspecified atom stereocenters. The van der Waals surface area contributed by atoms with Crippen LogP contribution in [-0.4, -0.2) is 51.9 Å². The molecular formula is C67H102O7. The Morgan fingerprint density at radius 1 is 0.459 bits per heavy atom. The number of methoxy groups -OCH3 is 4. The molecule has 10 atom stereocenters. The Labute approximate surface area is 450 Å². The van der Waals surface area contributed by atoms with Gasteiger partial charge in [-0.15, -0.1) is 0 Å². The van der Waals surface area contributed by atoms with Crippen molar-refractivity contribution in [2.24, 2.45) is 28.6 Å². The van der Waals surface area contributed by atoms with Crippen molar-refractivity contribution in [1.29, 1.82) is 0 Å². The Kier molecular flexibility index (Phi) is 20.2. The smallest absolute Gasteiger partial charge is 0.312 e. The van der Waals surface area contributed by atoms with Crippen LogP contribution in [0.1, 0.15) is 249 Å². The number of aryl methyl sites for hydroxylation is 3. The average molecular weight is 1020 g/mol.